The number of rotatable bonds is 6. The van der Waals surface area contributed by atoms with Crippen molar-refractivity contribution in [3.05, 3.63) is 42.3 Å². The zero-order valence-corrected chi connectivity index (χ0v) is 12.8. The second kappa shape index (κ2) is 6.39. The minimum absolute atomic E-state index is 0.341. The molecule has 0 aliphatic carbocycles. The molecule has 0 fully saturated rings. The fraction of sp³-hybridized carbons (Fsp3) is 0.357. The molecule has 20 heavy (non-hydrogen) atoms. The van der Waals surface area contributed by atoms with Crippen molar-refractivity contribution >= 4 is 21.9 Å². The van der Waals surface area contributed by atoms with Gasteiger partial charge in [0.05, 0.1) is 5.52 Å². The number of aromatic nitrogens is 1. The molecule has 0 spiro atoms. The van der Waals surface area contributed by atoms with Crippen LogP contribution in [0.1, 0.15) is 12.5 Å². The van der Waals surface area contributed by atoms with Gasteiger partial charge in [-0.1, -0.05) is 18.2 Å². The number of fused-ring (bicyclic) bond motifs is 1. The Balaban J connectivity index is 2.39. The second-order valence-corrected chi connectivity index (χ2v) is 5.56. The van der Waals surface area contributed by atoms with Gasteiger partial charge in [-0.3, -0.25) is 0 Å². The van der Waals surface area contributed by atoms with Gasteiger partial charge < -0.3 is 9.47 Å². The van der Waals surface area contributed by atoms with E-state index >= 15 is 0 Å². The predicted octanol–water partition coefficient (Wildman–Crippen LogP) is 1.65. The highest BCUT2D eigenvalue weighted by atomic mass is 32.2. The van der Waals surface area contributed by atoms with Crippen molar-refractivity contribution in [3.63, 3.8) is 0 Å². The Labute approximate surface area is 120 Å². The molecule has 0 aliphatic heterocycles. The quantitative estimate of drug-likeness (QED) is 0.823. The fourth-order valence-electron chi connectivity index (χ4n) is 2.21. The van der Waals surface area contributed by atoms with Crippen LogP contribution in [0, 0.1) is 6.23 Å². The van der Waals surface area contributed by atoms with Gasteiger partial charge in [0.1, 0.15) is 0 Å². The Morgan fingerprint density at radius 3 is 2.65 bits per heavy atom. The highest BCUT2D eigenvalue weighted by Crippen LogP contribution is 2.25. The third-order valence-corrected chi connectivity index (χ3v) is 3.58. The van der Waals surface area contributed by atoms with Crippen molar-refractivity contribution in [1.29, 1.82) is 0 Å². The maximum atomic E-state index is 10.7. The summed E-state index contributed by atoms with van der Waals surface area (Å²) in [5.74, 6) is 0. The SMILES string of the molecule is C[C](O[SH](=O)=O)n1cc(CCN(C)C)c2ccccc21. The van der Waals surface area contributed by atoms with Gasteiger partial charge in [-0.25, -0.2) is 12.6 Å². The van der Waals surface area contributed by atoms with Crippen LogP contribution in [0.4, 0.5) is 0 Å². The lowest BCUT2D eigenvalue weighted by atomic mass is 10.1. The Bertz CT molecular complexity index is 653. The summed E-state index contributed by atoms with van der Waals surface area (Å²) >= 11 is 0. The predicted molar refractivity (Wildman–Crippen MR) is 79.9 cm³/mol. The Hall–Kier alpha value is -1.37. The molecule has 2 rings (SSSR count). The zero-order chi connectivity index (χ0) is 14.7. The number of thiol groups is 1. The highest BCUT2D eigenvalue weighted by molar-refractivity contribution is 7.67. The molecule has 0 amide bonds. The van der Waals surface area contributed by atoms with Gasteiger partial charge in [0, 0.05) is 18.1 Å². The van der Waals surface area contributed by atoms with Crippen LogP contribution in [0.25, 0.3) is 10.9 Å². The highest BCUT2D eigenvalue weighted by Gasteiger charge is 2.14. The van der Waals surface area contributed by atoms with Crippen molar-refractivity contribution in [3.8, 4) is 0 Å². The summed E-state index contributed by atoms with van der Waals surface area (Å²) in [6, 6.07) is 7.91. The summed E-state index contributed by atoms with van der Waals surface area (Å²) in [4.78, 5) is 2.12. The van der Waals surface area contributed by atoms with Crippen LogP contribution in [0.2, 0.25) is 0 Å². The first-order chi connectivity index (χ1) is 9.49. The molecular formula is C14H19N2O3S. The first kappa shape index (κ1) is 15.0. The average Bonchev–Trinajstić information content (AvgIpc) is 2.74. The number of hydrogen-bond donors (Lipinski definition) is 1. The molecule has 6 heteroatoms. The van der Waals surface area contributed by atoms with Gasteiger partial charge in [0.2, 0.25) is 6.23 Å². The summed E-state index contributed by atoms with van der Waals surface area (Å²) in [7, 11) is 1.17. The molecule has 109 valence electrons. The number of benzene rings is 1. The number of nitrogens with zero attached hydrogens (tertiary/aromatic N) is 2. The van der Waals surface area contributed by atoms with E-state index in [-0.39, 0.29) is 0 Å². The fourth-order valence-corrected chi connectivity index (χ4v) is 2.51. The number of hydrogen-bond acceptors (Lipinski definition) is 4. The molecule has 0 saturated heterocycles. The standard InChI is InChI=1S/C14H19N2O3S/c1-11(19-20(17)18)16-10-12(8-9-15(2)3)13-6-4-5-7-14(13)16/h4-7,10,20H,8-9H2,1-3H3. The van der Waals surface area contributed by atoms with E-state index in [2.05, 4.69) is 4.90 Å². The maximum absolute atomic E-state index is 10.7. The molecule has 0 atom stereocenters. The minimum Gasteiger partial charge on any atom is -0.314 e. The molecule has 2 aromatic rings. The van der Waals surface area contributed by atoms with Gasteiger partial charge in [0.25, 0.3) is 11.0 Å². The average molecular weight is 295 g/mol. The summed E-state index contributed by atoms with van der Waals surface area (Å²) < 4.78 is 28.0. The van der Waals surface area contributed by atoms with Gasteiger partial charge in [-0.2, -0.15) is 0 Å². The summed E-state index contributed by atoms with van der Waals surface area (Å²) in [5, 5.41) is 1.12. The van der Waals surface area contributed by atoms with E-state index in [1.165, 1.54) is 5.56 Å². The van der Waals surface area contributed by atoms with Crippen LogP contribution >= 0.6 is 0 Å². The van der Waals surface area contributed by atoms with Crippen molar-refractivity contribution in [2.24, 2.45) is 0 Å². The molecular weight excluding hydrogens is 276 g/mol. The van der Waals surface area contributed by atoms with Crippen LogP contribution in [-0.2, 0) is 21.6 Å². The van der Waals surface area contributed by atoms with Gasteiger partial charge in [-0.15, -0.1) is 0 Å². The molecule has 5 nitrogen and oxygen atoms in total. The van der Waals surface area contributed by atoms with Crippen molar-refractivity contribution in [2.45, 2.75) is 13.3 Å². The van der Waals surface area contributed by atoms with Crippen molar-refractivity contribution in [2.75, 3.05) is 20.6 Å². The molecule has 0 unspecified atom stereocenters. The Kier molecular flexibility index (Phi) is 4.80. The molecule has 0 N–H and O–H groups in total. The molecule has 1 radical (unpaired) electrons. The van der Waals surface area contributed by atoms with E-state index < -0.39 is 11.0 Å². The third kappa shape index (κ3) is 3.39. The third-order valence-electron chi connectivity index (χ3n) is 3.17. The van der Waals surface area contributed by atoms with Crippen LogP contribution in [0.15, 0.2) is 30.5 Å². The molecule has 0 aliphatic rings. The van der Waals surface area contributed by atoms with Crippen LogP contribution in [-0.4, -0.2) is 38.5 Å². The van der Waals surface area contributed by atoms with Crippen molar-refractivity contribution < 1.29 is 12.6 Å². The molecule has 1 heterocycles. The normalized spacial score (nSPS) is 12.1. The first-order valence-electron chi connectivity index (χ1n) is 6.39. The lowest BCUT2D eigenvalue weighted by molar-refractivity contribution is 0.320. The maximum Gasteiger partial charge on any atom is 0.259 e. The molecule has 0 saturated carbocycles. The minimum atomic E-state index is -2.89. The lowest BCUT2D eigenvalue weighted by Crippen LogP contribution is -2.15. The van der Waals surface area contributed by atoms with Gasteiger partial charge in [0.15, 0.2) is 0 Å². The zero-order valence-electron chi connectivity index (χ0n) is 11.9. The Morgan fingerprint density at radius 1 is 1.30 bits per heavy atom. The van der Waals surface area contributed by atoms with E-state index in [1.54, 1.807) is 11.5 Å². The number of likely N-dealkylation sites (N-methyl/N-ethyl adjacent to an activating group) is 1. The van der Waals surface area contributed by atoms with Crippen molar-refractivity contribution in [1.82, 2.24) is 9.47 Å². The molecule has 1 aromatic heterocycles. The summed E-state index contributed by atoms with van der Waals surface area (Å²) in [6.45, 7) is 2.58. The largest absolute Gasteiger partial charge is 0.314 e. The van der Waals surface area contributed by atoms with E-state index in [0.717, 1.165) is 23.9 Å². The second-order valence-electron chi connectivity index (χ2n) is 4.93. The van der Waals surface area contributed by atoms with Gasteiger partial charge in [-0.05, 0) is 39.1 Å². The van der Waals surface area contributed by atoms with E-state index in [4.69, 9.17) is 4.18 Å². The van der Waals surface area contributed by atoms with Crippen LogP contribution in [0.5, 0.6) is 0 Å². The van der Waals surface area contributed by atoms with Crippen LogP contribution in [0.3, 0.4) is 0 Å². The van der Waals surface area contributed by atoms with E-state index in [1.807, 2.05) is 44.6 Å². The number of para-hydroxylation sites is 1. The van der Waals surface area contributed by atoms with E-state index in [9.17, 15) is 8.42 Å². The summed E-state index contributed by atoms with van der Waals surface area (Å²) in [5.41, 5.74) is 2.13. The monoisotopic (exact) mass is 295 g/mol. The van der Waals surface area contributed by atoms with Crippen LogP contribution < -0.4 is 0 Å². The molecule has 1 aromatic carbocycles. The van der Waals surface area contributed by atoms with E-state index in [0.29, 0.717) is 6.23 Å². The Morgan fingerprint density at radius 2 is 2.00 bits per heavy atom. The topological polar surface area (TPSA) is 51.5 Å². The van der Waals surface area contributed by atoms with Gasteiger partial charge >= 0.3 is 0 Å². The smallest absolute Gasteiger partial charge is 0.259 e. The first-order valence-corrected chi connectivity index (χ1v) is 7.48. The molecule has 0 bridgehead atoms. The lowest BCUT2D eigenvalue weighted by Gasteiger charge is -2.10. The summed E-state index contributed by atoms with van der Waals surface area (Å²) in [6.07, 6.45) is 3.19.